The number of halogens is 2. The molecule has 2 aliphatic heterocycles. The van der Waals surface area contributed by atoms with Crippen LogP contribution in [0.4, 0.5) is 20.2 Å². The molecule has 3 rings (SSSR count). The third kappa shape index (κ3) is 1.65. The molecule has 0 N–H and O–H groups in total. The van der Waals surface area contributed by atoms with Gasteiger partial charge in [-0.05, 0) is 12.8 Å². The summed E-state index contributed by atoms with van der Waals surface area (Å²) in [5.74, 6) is -0.831. The van der Waals surface area contributed by atoms with Crippen molar-refractivity contribution < 1.29 is 13.7 Å². The summed E-state index contributed by atoms with van der Waals surface area (Å²) in [7, 11) is 0. The molecule has 4 nitrogen and oxygen atoms in total. The number of non-ortho nitro benzene ring substituents is 1. The SMILES string of the molecule is O=[N+]([O-])c1cc(F)c(N2C3CCC2SC3)c(F)c1. The second-order valence-corrected chi connectivity index (χ2v) is 5.65. The largest absolute Gasteiger partial charge is 0.351 e. The normalized spacial score (nSPS) is 25.8. The third-order valence-electron chi connectivity index (χ3n) is 3.40. The fourth-order valence-corrected chi connectivity index (χ4v) is 4.14. The molecule has 0 spiro atoms. The van der Waals surface area contributed by atoms with Gasteiger partial charge in [-0.1, -0.05) is 0 Å². The van der Waals surface area contributed by atoms with E-state index in [-0.39, 0.29) is 17.1 Å². The molecule has 2 fully saturated rings. The Morgan fingerprint density at radius 2 is 2.00 bits per heavy atom. The number of rotatable bonds is 2. The van der Waals surface area contributed by atoms with Gasteiger partial charge in [-0.25, -0.2) is 8.78 Å². The predicted octanol–water partition coefficient (Wildman–Crippen LogP) is 2.91. The average Bonchev–Trinajstić information content (AvgIpc) is 2.88. The molecule has 0 amide bonds. The molecule has 1 aromatic rings. The van der Waals surface area contributed by atoms with Gasteiger partial charge in [0.2, 0.25) is 0 Å². The molecule has 0 radical (unpaired) electrons. The fourth-order valence-electron chi connectivity index (χ4n) is 2.63. The van der Waals surface area contributed by atoms with Crippen molar-refractivity contribution in [1.29, 1.82) is 0 Å². The Morgan fingerprint density at radius 1 is 1.33 bits per heavy atom. The number of fused-ring (bicyclic) bond motifs is 2. The smallest absolute Gasteiger partial charge is 0.275 e. The molecule has 0 aromatic heterocycles. The molecule has 18 heavy (non-hydrogen) atoms. The van der Waals surface area contributed by atoms with Crippen LogP contribution in [0, 0.1) is 21.7 Å². The van der Waals surface area contributed by atoms with Crippen LogP contribution in [0.2, 0.25) is 0 Å². The number of anilines is 1. The Hall–Kier alpha value is -1.37. The molecular formula is C11H10F2N2O2S. The van der Waals surface area contributed by atoms with E-state index < -0.39 is 22.2 Å². The first-order valence-electron chi connectivity index (χ1n) is 5.61. The molecule has 2 heterocycles. The lowest BCUT2D eigenvalue weighted by Gasteiger charge is -2.24. The van der Waals surface area contributed by atoms with Crippen LogP contribution >= 0.6 is 11.8 Å². The van der Waals surface area contributed by atoms with Crippen LogP contribution in [0.1, 0.15) is 12.8 Å². The van der Waals surface area contributed by atoms with Gasteiger partial charge in [-0.15, -0.1) is 11.8 Å². The molecule has 2 atom stereocenters. The number of nitro benzene ring substituents is 1. The monoisotopic (exact) mass is 272 g/mol. The second-order valence-electron chi connectivity index (χ2n) is 4.44. The molecule has 0 aliphatic carbocycles. The zero-order valence-corrected chi connectivity index (χ0v) is 10.1. The Kier molecular flexibility index (Phi) is 2.65. The van der Waals surface area contributed by atoms with E-state index in [0.717, 1.165) is 30.7 Å². The van der Waals surface area contributed by atoms with Crippen molar-refractivity contribution in [2.75, 3.05) is 10.7 Å². The van der Waals surface area contributed by atoms with E-state index >= 15 is 0 Å². The minimum absolute atomic E-state index is 0.0976. The number of thioether (sulfide) groups is 1. The number of benzene rings is 1. The number of hydrogen-bond donors (Lipinski definition) is 0. The van der Waals surface area contributed by atoms with Crippen molar-refractivity contribution in [1.82, 2.24) is 0 Å². The molecule has 2 saturated heterocycles. The average molecular weight is 272 g/mol. The topological polar surface area (TPSA) is 46.4 Å². The van der Waals surface area contributed by atoms with Crippen LogP contribution in [0.25, 0.3) is 0 Å². The first-order chi connectivity index (χ1) is 8.58. The van der Waals surface area contributed by atoms with Crippen LogP contribution in [0.15, 0.2) is 12.1 Å². The number of hydrogen-bond acceptors (Lipinski definition) is 4. The molecule has 2 unspecified atom stereocenters. The maximum absolute atomic E-state index is 13.9. The summed E-state index contributed by atoms with van der Waals surface area (Å²) < 4.78 is 27.8. The maximum Gasteiger partial charge on any atom is 0.275 e. The summed E-state index contributed by atoms with van der Waals surface area (Å²) in [6, 6.07) is 1.73. The maximum atomic E-state index is 13.9. The minimum Gasteiger partial charge on any atom is -0.351 e. The molecular weight excluding hydrogens is 262 g/mol. The highest BCUT2D eigenvalue weighted by molar-refractivity contribution is 8.00. The van der Waals surface area contributed by atoms with Gasteiger partial charge in [0.25, 0.3) is 5.69 Å². The Labute approximate surface area is 106 Å². The summed E-state index contributed by atoms with van der Waals surface area (Å²) in [5, 5.41) is 10.6. The van der Waals surface area contributed by atoms with E-state index in [2.05, 4.69) is 0 Å². The van der Waals surface area contributed by atoms with E-state index in [4.69, 9.17) is 0 Å². The fraction of sp³-hybridized carbons (Fsp3) is 0.455. The molecule has 0 saturated carbocycles. The summed E-state index contributed by atoms with van der Waals surface area (Å²) in [6.07, 6.45) is 1.83. The number of nitrogens with zero attached hydrogens (tertiary/aromatic N) is 2. The van der Waals surface area contributed by atoms with E-state index in [1.54, 1.807) is 16.7 Å². The van der Waals surface area contributed by atoms with Crippen LogP contribution in [-0.2, 0) is 0 Å². The zero-order valence-electron chi connectivity index (χ0n) is 9.31. The van der Waals surface area contributed by atoms with Gasteiger partial charge >= 0.3 is 0 Å². The van der Waals surface area contributed by atoms with E-state index in [1.807, 2.05) is 0 Å². The van der Waals surface area contributed by atoms with Gasteiger partial charge in [0.15, 0.2) is 11.6 Å². The highest BCUT2D eigenvalue weighted by Gasteiger charge is 2.42. The van der Waals surface area contributed by atoms with Crippen molar-refractivity contribution in [2.24, 2.45) is 0 Å². The number of nitro groups is 1. The third-order valence-corrected chi connectivity index (χ3v) is 4.83. The highest BCUT2D eigenvalue weighted by atomic mass is 32.2. The van der Waals surface area contributed by atoms with Crippen molar-refractivity contribution >= 4 is 23.1 Å². The van der Waals surface area contributed by atoms with Crippen molar-refractivity contribution in [3.8, 4) is 0 Å². The lowest BCUT2D eigenvalue weighted by Crippen LogP contribution is -2.30. The van der Waals surface area contributed by atoms with Gasteiger partial charge in [0, 0.05) is 11.8 Å². The van der Waals surface area contributed by atoms with Gasteiger partial charge in [0.05, 0.1) is 22.4 Å². The summed E-state index contributed by atoms with van der Waals surface area (Å²) in [5.41, 5.74) is -0.661. The van der Waals surface area contributed by atoms with Gasteiger partial charge in [-0.3, -0.25) is 10.1 Å². The quantitative estimate of drug-likeness (QED) is 0.613. The Morgan fingerprint density at radius 3 is 2.39 bits per heavy atom. The molecule has 2 aliphatic rings. The lowest BCUT2D eigenvalue weighted by molar-refractivity contribution is -0.385. The van der Waals surface area contributed by atoms with E-state index in [0.29, 0.717) is 0 Å². The molecule has 7 heteroatoms. The lowest BCUT2D eigenvalue weighted by atomic mass is 10.2. The summed E-state index contributed by atoms with van der Waals surface area (Å²) >= 11 is 1.68. The van der Waals surface area contributed by atoms with E-state index in [1.165, 1.54) is 0 Å². The molecule has 1 aromatic carbocycles. The Bertz CT molecular complexity index is 483. The first kappa shape index (κ1) is 11.7. The van der Waals surface area contributed by atoms with Crippen molar-refractivity contribution in [3.05, 3.63) is 33.9 Å². The molecule has 96 valence electrons. The Balaban J connectivity index is 2.05. The second kappa shape index (κ2) is 4.08. The first-order valence-corrected chi connectivity index (χ1v) is 6.66. The summed E-state index contributed by atoms with van der Waals surface area (Å²) in [6.45, 7) is 0. The summed E-state index contributed by atoms with van der Waals surface area (Å²) in [4.78, 5) is 11.5. The van der Waals surface area contributed by atoms with Crippen LogP contribution in [0.3, 0.4) is 0 Å². The van der Waals surface area contributed by atoms with E-state index in [9.17, 15) is 18.9 Å². The zero-order chi connectivity index (χ0) is 12.9. The highest BCUT2D eigenvalue weighted by Crippen LogP contribution is 2.45. The molecule has 2 bridgehead atoms. The minimum atomic E-state index is -0.846. The van der Waals surface area contributed by atoms with Crippen molar-refractivity contribution in [3.63, 3.8) is 0 Å². The predicted molar refractivity (Wildman–Crippen MR) is 64.8 cm³/mol. The standard InChI is InChI=1S/C11H10F2N2O2S/c12-8-3-7(15(16)17)4-9(13)11(8)14-6-1-2-10(14)18-5-6/h3-4,6,10H,1-2,5H2. The van der Waals surface area contributed by atoms with Crippen LogP contribution in [-0.4, -0.2) is 22.1 Å². The van der Waals surface area contributed by atoms with Crippen molar-refractivity contribution in [2.45, 2.75) is 24.3 Å². The van der Waals surface area contributed by atoms with Gasteiger partial charge in [-0.2, -0.15) is 0 Å². The van der Waals surface area contributed by atoms with Crippen LogP contribution in [0.5, 0.6) is 0 Å². The van der Waals surface area contributed by atoms with Crippen LogP contribution < -0.4 is 4.90 Å². The van der Waals surface area contributed by atoms with Gasteiger partial charge in [0.1, 0.15) is 5.69 Å². The van der Waals surface area contributed by atoms with Gasteiger partial charge < -0.3 is 4.90 Å².